The number of para-hydroxylation sites is 1. The Labute approximate surface area is 150 Å². The molecule has 6 nitrogen and oxygen atoms in total. The highest BCUT2D eigenvalue weighted by Gasteiger charge is 2.18. The van der Waals surface area contributed by atoms with Crippen LogP contribution >= 0.6 is 0 Å². The lowest BCUT2D eigenvalue weighted by Crippen LogP contribution is -2.49. The zero-order valence-electron chi connectivity index (χ0n) is 14.2. The largest absolute Gasteiger partial charge is 0.457 e. The monoisotopic (exact) mass is 357 g/mol. The summed E-state index contributed by atoms with van der Waals surface area (Å²) in [5.74, 6) is -0.118. The summed E-state index contributed by atoms with van der Waals surface area (Å²) >= 11 is 0. The molecule has 0 saturated carbocycles. The van der Waals surface area contributed by atoms with Crippen LogP contribution in [0.15, 0.2) is 48.5 Å². The van der Waals surface area contributed by atoms with Crippen LogP contribution in [0.5, 0.6) is 11.5 Å². The zero-order chi connectivity index (χ0) is 18.4. The van der Waals surface area contributed by atoms with E-state index >= 15 is 0 Å². The molecule has 0 unspecified atom stereocenters. The van der Waals surface area contributed by atoms with E-state index in [0.717, 1.165) is 13.1 Å². The van der Waals surface area contributed by atoms with Gasteiger partial charge in [0.15, 0.2) is 0 Å². The first-order valence-corrected chi connectivity index (χ1v) is 8.42. The van der Waals surface area contributed by atoms with E-state index in [-0.39, 0.29) is 18.3 Å². The molecule has 0 aliphatic carbocycles. The molecular weight excluding hydrogens is 337 g/mol. The van der Waals surface area contributed by atoms with Crippen molar-refractivity contribution in [1.82, 2.24) is 15.5 Å². The SMILES string of the molecule is O=C(NCC(=O)N1CCNCC1)c1ccccc1Oc1ccc(F)cc1. The first-order valence-electron chi connectivity index (χ1n) is 8.42. The van der Waals surface area contributed by atoms with Gasteiger partial charge in [0.05, 0.1) is 12.1 Å². The molecule has 2 aromatic rings. The maximum atomic E-state index is 13.0. The first kappa shape index (κ1) is 17.9. The quantitative estimate of drug-likeness (QED) is 0.856. The minimum absolute atomic E-state index is 0.0658. The van der Waals surface area contributed by atoms with Crippen LogP contribution in [0.25, 0.3) is 0 Å². The summed E-state index contributed by atoms with van der Waals surface area (Å²) in [6.07, 6.45) is 0. The lowest BCUT2D eigenvalue weighted by atomic mass is 10.2. The van der Waals surface area contributed by atoms with Crippen molar-refractivity contribution in [2.75, 3.05) is 32.7 Å². The van der Waals surface area contributed by atoms with E-state index < -0.39 is 5.91 Å². The Morgan fingerprint density at radius 1 is 1.08 bits per heavy atom. The van der Waals surface area contributed by atoms with Crippen LogP contribution in [0.3, 0.4) is 0 Å². The zero-order valence-corrected chi connectivity index (χ0v) is 14.2. The van der Waals surface area contributed by atoms with Gasteiger partial charge in [0.1, 0.15) is 17.3 Å². The average molecular weight is 357 g/mol. The van der Waals surface area contributed by atoms with Crippen LogP contribution in [0, 0.1) is 5.82 Å². The van der Waals surface area contributed by atoms with Gasteiger partial charge < -0.3 is 20.3 Å². The number of nitrogens with zero attached hydrogens (tertiary/aromatic N) is 1. The molecular formula is C19H20FN3O3. The molecule has 26 heavy (non-hydrogen) atoms. The van der Waals surface area contributed by atoms with Gasteiger partial charge in [-0.15, -0.1) is 0 Å². The van der Waals surface area contributed by atoms with E-state index in [1.54, 1.807) is 29.2 Å². The molecule has 3 rings (SSSR count). The van der Waals surface area contributed by atoms with Gasteiger partial charge in [-0.05, 0) is 36.4 Å². The fourth-order valence-corrected chi connectivity index (χ4v) is 2.65. The third kappa shape index (κ3) is 4.58. The number of benzene rings is 2. The molecule has 0 atom stereocenters. The van der Waals surface area contributed by atoms with Crippen molar-refractivity contribution in [1.29, 1.82) is 0 Å². The summed E-state index contributed by atoms with van der Waals surface area (Å²) in [4.78, 5) is 26.3. The summed E-state index contributed by atoms with van der Waals surface area (Å²) in [5.41, 5.74) is 0.310. The molecule has 2 N–H and O–H groups in total. The first-order chi connectivity index (χ1) is 12.6. The highest BCUT2D eigenvalue weighted by Crippen LogP contribution is 2.25. The second-order valence-corrected chi connectivity index (χ2v) is 5.87. The van der Waals surface area contributed by atoms with Gasteiger partial charge in [-0.25, -0.2) is 4.39 Å². The van der Waals surface area contributed by atoms with Crippen molar-refractivity contribution in [2.45, 2.75) is 0 Å². The van der Waals surface area contributed by atoms with E-state index in [4.69, 9.17) is 4.74 Å². The van der Waals surface area contributed by atoms with Crippen LogP contribution in [0.2, 0.25) is 0 Å². The molecule has 1 aliphatic rings. The fourth-order valence-electron chi connectivity index (χ4n) is 2.65. The number of rotatable bonds is 5. The Hall–Kier alpha value is -2.93. The van der Waals surface area contributed by atoms with Crippen LogP contribution in [0.4, 0.5) is 4.39 Å². The summed E-state index contributed by atoms with van der Waals surface area (Å²) in [7, 11) is 0. The van der Waals surface area contributed by atoms with Crippen LogP contribution in [0.1, 0.15) is 10.4 Å². The highest BCUT2D eigenvalue weighted by atomic mass is 19.1. The van der Waals surface area contributed by atoms with E-state index in [0.29, 0.717) is 30.2 Å². The molecule has 0 radical (unpaired) electrons. The molecule has 7 heteroatoms. The molecule has 0 spiro atoms. The van der Waals surface area contributed by atoms with E-state index in [1.165, 1.54) is 24.3 Å². The number of carbonyl (C=O) groups excluding carboxylic acids is 2. The number of hydrogen-bond donors (Lipinski definition) is 2. The number of halogens is 1. The highest BCUT2D eigenvalue weighted by molar-refractivity contribution is 5.98. The number of carbonyl (C=O) groups is 2. The Balaban J connectivity index is 1.63. The van der Waals surface area contributed by atoms with Crippen LogP contribution in [-0.4, -0.2) is 49.4 Å². The second kappa shape index (κ2) is 8.44. The minimum Gasteiger partial charge on any atom is -0.457 e. The summed E-state index contributed by atoms with van der Waals surface area (Å²) in [6, 6.07) is 12.2. The maximum absolute atomic E-state index is 13.0. The van der Waals surface area contributed by atoms with Gasteiger partial charge in [-0.3, -0.25) is 9.59 Å². The van der Waals surface area contributed by atoms with E-state index in [1.807, 2.05) is 0 Å². The molecule has 136 valence electrons. The lowest BCUT2D eigenvalue weighted by Gasteiger charge is -2.27. The molecule has 0 aromatic heterocycles. The molecule has 1 fully saturated rings. The summed E-state index contributed by atoms with van der Waals surface area (Å²) in [6.45, 7) is 2.73. The molecule has 2 aromatic carbocycles. The number of ether oxygens (including phenoxy) is 1. The molecule has 1 heterocycles. The standard InChI is InChI=1S/C19H20FN3O3/c20-14-5-7-15(8-6-14)26-17-4-2-1-3-16(17)19(25)22-13-18(24)23-11-9-21-10-12-23/h1-8,21H,9-13H2,(H,22,25). The summed E-state index contributed by atoms with van der Waals surface area (Å²) in [5, 5.41) is 5.81. The lowest BCUT2D eigenvalue weighted by molar-refractivity contribution is -0.130. The number of hydrogen-bond acceptors (Lipinski definition) is 4. The topological polar surface area (TPSA) is 70.7 Å². The molecule has 1 saturated heterocycles. The van der Waals surface area contributed by atoms with Crippen molar-refractivity contribution in [3.8, 4) is 11.5 Å². The Bertz CT molecular complexity index is 774. The van der Waals surface area contributed by atoms with E-state index in [2.05, 4.69) is 10.6 Å². The van der Waals surface area contributed by atoms with Gasteiger partial charge in [0.2, 0.25) is 5.91 Å². The Morgan fingerprint density at radius 3 is 2.50 bits per heavy atom. The smallest absolute Gasteiger partial charge is 0.255 e. The van der Waals surface area contributed by atoms with Crippen molar-refractivity contribution in [3.05, 3.63) is 59.9 Å². The number of nitrogens with one attached hydrogen (secondary N) is 2. The minimum atomic E-state index is -0.397. The number of amides is 2. The average Bonchev–Trinajstić information content (AvgIpc) is 2.68. The van der Waals surface area contributed by atoms with Gasteiger partial charge in [-0.1, -0.05) is 12.1 Å². The molecule has 0 bridgehead atoms. The van der Waals surface area contributed by atoms with Crippen molar-refractivity contribution < 1.29 is 18.7 Å². The summed E-state index contributed by atoms with van der Waals surface area (Å²) < 4.78 is 18.7. The third-order valence-corrected chi connectivity index (χ3v) is 4.04. The number of piperazine rings is 1. The molecule has 2 amide bonds. The van der Waals surface area contributed by atoms with Crippen molar-refractivity contribution in [3.63, 3.8) is 0 Å². The Morgan fingerprint density at radius 2 is 1.77 bits per heavy atom. The van der Waals surface area contributed by atoms with Crippen LogP contribution in [-0.2, 0) is 4.79 Å². The molecule has 1 aliphatic heterocycles. The predicted octanol–water partition coefficient (Wildman–Crippen LogP) is 1.78. The van der Waals surface area contributed by atoms with Gasteiger partial charge >= 0.3 is 0 Å². The van der Waals surface area contributed by atoms with E-state index in [9.17, 15) is 14.0 Å². The third-order valence-electron chi connectivity index (χ3n) is 4.04. The second-order valence-electron chi connectivity index (χ2n) is 5.87. The fraction of sp³-hybridized carbons (Fsp3) is 0.263. The predicted molar refractivity (Wildman–Crippen MR) is 94.7 cm³/mol. The van der Waals surface area contributed by atoms with Gasteiger partial charge in [-0.2, -0.15) is 0 Å². The van der Waals surface area contributed by atoms with Gasteiger partial charge in [0.25, 0.3) is 5.91 Å². The normalized spacial score (nSPS) is 14.0. The van der Waals surface area contributed by atoms with Crippen LogP contribution < -0.4 is 15.4 Å². The van der Waals surface area contributed by atoms with Gasteiger partial charge in [0, 0.05) is 26.2 Å². The van der Waals surface area contributed by atoms with Crippen molar-refractivity contribution >= 4 is 11.8 Å². The van der Waals surface area contributed by atoms with Crippen molar-refractivity contribution in [2.24, 2.45) is 0 Å². The Kier molecular flexibility index (Phi) is 5.80. The maximum Gasteiger partial charge on any atom is 0.255 e.